The second kappa shape index (κ2) is 6.85. The van der Waals surface area contributed by atoms with E-state index < -0.39 is 0 Å². The highest BCUT2D eigenvalue weighted by molar-refractivity contribution is 14.1. The van der Waals surface area contributed by atoms with Crippen LogP contribution in [0.15, 0.2) is 24.3 Å². The molecule has 19 heavy (non-hydrogen) atoms. The molecule has 0 saturated heterocycles. The van der Waals surface area contributed by atoms with Gasteiger partial charge in [-0.05, 0) is 58.8 Å². The minimum absolute atomic E-state index is 0.168. The molecule has 0 aliphatic rings. The first-order valence-corrected chi connectivity index (χ1v) is 7.31. The van der Waals surface area contributed by atoms with Gasteiger partial charge in [0, 0.05) is 15.8 Å². The molecule has 7 heteroatoms. The van der Waals surface area contributed by atoms with E-state index in [1.54, 1.807) is 0 Å². The van der Waals surface area contributed by atoms with Crippen LogP contribution < -0.4 is 10.6 Å². The zero-order valence-electron chi connectivity index (χ0n) is 10.3. The molecule has 1 aromatic heterocycles. The number of nitrogens with zero attached hydrogens (tertiary/aromatic N) is 3. The number of hydrogen-bond acceptors (Lipinski definition) is 5. The molecule has 2 aromatic rings. The molecule has 0 atom stereocenters. The van der Waals surface area contributed by atoms with Crippen LogP contribution in [0.5, 0.6) is 0 Å². The summed E-state index contributed by atoms with van der Waals surface area (Å²) in [5.41, 5.74) is 0.913. The molecular weight excluding hydrogens is 377 g/mol. The van der Waals surface area contributed by atoms with Crippen LogP contribution in [0.3, 0.4) is 0 Å². The van der Waals surface area contributed by atoms with Gasteiger partial charge in [-0.2, -0.15) is 15.0 Å². The van der Waals surface area contributed by atoms with Gasteiger partial charge in [0.05, 0.1) is 0 Å². The number of anilines is 3. The molecule has 0 aliphatic heterocycles. The largest absolute Gasteiger partial charge is 0.354 e. The Hall–Kier alpha value is -1.15. The summed E-state index contributed by atoms with van der Waals surface area (Å²) < 4.78 is 1.13. The van der Waals surface area contributed by atoms with Crippen molar-refractivity contribution in [2.24, 2.45) is 0 Å². The van der Waals surface area contributed by atoms with Crippen LogP contribution in [-0.2, 0) is 0 Å². The second-order valence-electron chi connectivity index (χ2n) is 3.81. The topological polar surface area (TPSA) is 62.7 Å². The van der Waals surface area contributed by atoms with Crippen molar-refractivity contribution in [1.29, 1.82) is 0 Å². The lowest BCUT2D eigenvalue weighted by Gasteiger charge is -2.08. The Balaban J connectivity index is 2.17. The molecular formula is C12H13ClIN5. The van der Waals surface area contributed by atoms with Crippen LogP contribution in [-0.4, -0.2) is 21.5 Å². The van der Waals surface area contributed by atoms with Gasteiger partial charge in [0.1, 0.15) is 0 Å². The summed E-state index contributed by atoms with van der Waals surface area (Å²) in [5.74, 6) is 0.913. The molecule has 1 aromatic carbocycles. The Morgan fingerprint density at radius 1 is 1.21 bits per heavy atom. The van der Waals surface area contributed by atoms with Gasteiger partial charge < -0.3 is 10.6 Å². The highest BCUT2D eigenvalue weighted by atomic mass is 127. The Morgan fingerprint density at radius 3 is 2.74 bits per heavy atom. The van der Waals surface area contributed by atoms with E-state index in [9.17, 15) is 0 Å². The fourth-order valence-corrected chi connectivity index (χ4v) is 2.12. The minimum Gasteiger partial charge on any atom is -0.354 e. The molecule has 0 saturated carbocycles. The number of benzene rings is 1. The Labute approximate surface area is 130 Å². The quantitative estimate of drug-likeness (QED) is 0.764. The SMILES string of the molecule is CCCNc1nc(Cl)nc(Nc2cccc(I)c2)n1. The summed E-state index contributed by atoms with van der Waals surface area (Å²) in [6.07, 6.45) is 0.989. The summed E-state index contributed by atoms with van der Waals surface area (Å²) >= 11 is 8.13. The van der Waals surface area contributed by atoms with E-state index in [2.05, 4.69) is 55.1 Å². The van der Waals surface area contributed by atoms with Crippen molar-refractivity contribution in [3.63, 3.8) is 0 Å². The van der Waals surface area contributed by atoms with E-state index in [0.717, 1.165) is 22.2 Å². The Kier molecular flexibility index (Phi) is 5.15. The van der Waals surface area contributed by atoms with Crippen molar-refractivity contribution < 1.29 is 0 Å². The number of hydrogen-bond donors (Lipinski definition) is 2. The van der Waals surface area contributed by atoms with E-state index in [0.29, 0.717) is 11.9 Å². The third kappa shape index (κ3) is 4.46. The first-order valence-electron chi connectivity index (χ1n) is 5.85. The van der Waals surface area contributed by atoms with Gasteiger partial charge >= 0.3 is 0 Å². The number of nitrogens with one attached hydrogen (secondary N) is 2. The predicted octanol–water partition coefficient (Wildman–Crippen LogP) is 3.70. The van der Waals surface area contributed by atoms with Crippen molar-refractivity contribution in [2.75, 3.05) is 17.2 Å². The van der Waals surface area contributed by atoms with Crippen molar-refractivity contribution >= 4 is 51.8 Å². The van der Waals surface area contributed by atoms with Crippen LogP contribution in [0.1, 0.15) is 13.3 Å². The summed E-state index contributed by atoms with van der Waals surface area (Å²) in [7, 11) is 0. The van der Waals surface area contributed by atoms with Crippen LogP contribution in [0.2, 0.25) is 5.28 Å². The van der Waals surface area contributed by atoms with Crippen molar-refractivity contribution in [3.05, 3.63) is 33.1 Å². The number of halogens is 2. The summed E-state index contributed by atoms with van der Waals surface area (Å²) in [6.45, 7) is 2.86. The third-order valence-corrected chi connectivity index (χ3v) is 3.06. The predicted molar refractivity (Wildman–Crippen MR) is 86.1 cm³/mol. The van der Waals surface area contributed by atoms with Crippen LogP contribution in [0, 0.1) is 3.57 Å². The molecule has 0 unspecified atom stereocenters. The lowest BCUT2D eigenvalue weighted by atomic mass is 10.3. The standard InChI is InChI=1S/C12H13ClIN5/c1-2-6-15-11-17-10(13)18-12(19-11)16-9-5-3-4-8(14)7-9/h3-5,7H,2,6H2,1H3,(H2,15,16,17,18,19). The maximum atomic E-state index is 5.88. The fraction of sp³-hybridized carbons (Fsp3) is 0.250. The average molecular weight is 390 g/mol. The Morgan fingerprint density at radius 2 is 2.00 bits per heavy atom. The van der Waals surface area contributed by atoms with Gasteiger partial charge in [0.25, 0.3) is 0 Å². The zero-order valence-corrected chi connectivity index (χ0v) is 13.2. The smallest absolute Gasteiger partial charge is 0.233 e. The maximum Gasteiger partial charge on any atom is 0.233 e. The lowest BCUT2D eigenvalue weighted by Crippen LogP contribution is -2.07. The average Bonchev–Trinajstić information content (AvgIpc) is 2.35. The first-order chi connectivity index (χ1) is 9.17. The van der Waals surface area contributed by atoms with Crippen molar-refractivity contribution in [2.45, 2.75) is 13.3 Å². The summed E-state index contributed by atoms with van der Waals surface area (Å²) in [5, 5.41) is 6.36. The molecule has 2 rings (SSSR count). The molecule has 0 radical (unpaired) electrons. The molecule has 0 amide bonds. The van der Waals surface area contributed by atoms with E-state index in [1.807, 2.05) is 24.3 Å². The lowest BCUT2D eigenvalue weighted by molar-refractivity contribution is 0.940. The summed E-state index contributed by atoms with van der Waals surface area (Å²) in [4.78, 5) is 12.3. The minimum atomic E-state index is 0.168. The molecule has 0 aliphatic carbocycles. The normalized spacial score (nSPS) is 10.3. The molecule has 1 heterocycles. The monoisotopic (exact) mass is 389 g/mol. The van der Waals surface area contributed by atoms with Gasteiger partial charge in [-0.25, -0.2) is 0 Å². The Bertz CT molecular complexity index is 564. The second-order valence-corrected chi connectivity index (χ2v) is 5.40. The van der Waals surface area contributed by atoms with E-state index in [1.165, 1.54) is 0 Å². The highest BCUT2D eigenvalue weighted by Crippen LogP contribution is 2.17. The van der Waals surface area contributed by atoms with Crippen LogP contribution >= 0.6 is 34.2 Å². The number of rotatable bonds is 5. The van der Waals surface area contributed by atoms with Gasteiger partial charge in [0.2, 0.25) is 17.2 Å². The van der Waals surface area contributed by atoms with Gasteiger partial charge in [-0.3, -0.25) is 0 Å². The molecule has 0 bridgehead atoms. The number of aromatic nitrogens is 3. The zero-order chi connectivity index (χ0) is 13.7. The van der Waals surface area contributed by atoms with E-state index in [4.69, 9.17) is 11.6 Å². The van der Waals surface area contributed by atoms with Gasteiger partial charge in [-0.15, -0.1) is 0 Å². The van der Waals surface area contributed by atoms with E-state index >= 15 is 0 Å². The summed E-state index contributed by atoms with van der Waals surface area (Å²) in [6, 6.07) is 7.92. The van der Waals surface area contributed by atoms with Crippen LogP contribution in [0.4, 0.5) is 17.6 Å². The highest BCUT2D eigenvalue weighted by Gasteiger charge is 2.05. The molecule has 0 spiro atoms. The van der Waals surface area contributed by atoms with Gasteiger partial charge in [-0.1, -0.05) is 13.0 Å². The molecule has 2 N–H and O–H groups in total. The van der Waals surface area contributed by atoms with Crippen LogP contribution in [0.25, 0.3) is 0 Å². The van der Waals surface area contributed by atoms with Crippen molar-refractivity contribution in [3.8, 4) is 0 Å². The molecule has 0 fully saturated rings. The van der Waals surface area contributed by atoms with Crippen molar-refractivity contribution in [1.82, 2.24) is 15.0 Å². The fourth-order valence-electron chi connectivity index (χ4n) is 1.42. The maximum absolute atomic E-state index is 5.88. The molecule has 5 nitrogen and oxygen atoms in total. The third-order valence-electron chi connectivity index (χ3n) is 2.22. The first kappa shape index (κ1) is 14.3. The van der Waals surface area contributed by atoms with Gasteiger partial charge in [0.15, 0.2) is 0 Å². The molecule has 100 valence electrons. The van der Waals surface area contributed by atoms with E-state index in [-0.39, 0.29) is 5.28 Å².